The highest BCUT2D eigenvalue weighted by Crippen LogP contribution is 2.21. The summed E-state index contributed by atoms with van der Waals surface area (Å²) in [6.07, 6.45) is 10.8. The van der Waals surface area contributed by atoms with Crippen molar-refractivity contribution < 1.29 is 9.59 Å². The van der Waals surface area contributed by atoms with E-state index in [4.69, 9.17) is 5.73 Å². The molecule has 0 spiro atoms. The van der Waals surface area contributed by atoms with Gasteiger partial charge in [0.05, 0.1) is 6.04 Å². The van der Waals surface area contributed by atoms with E-state index in [0.717, 1.165) is 25.7 Å². The van der Waals surface area contributed by atoms with Crippen LogP contribution in [-0.4, -0.2) is 41.9 Å². The molecule has 0 radical (unpaired) electrons. The molecule has 0 saturated heterocycles. The van der Waals surface area contributed by atoms with Gasteiger partial charge in [-0.25, -0.2) is 0 Å². The van der Waals surface area contributed by atoms with E-state index < -0.39 is 6.04 Å². The summed E-state index contributed by atoms with van der Waals surface area (Å²) in [4.78, 5) is 26.4. The van der Waals surface area contributed by atoms with Crippen LogP contribution in [-0.2, 0) is 16.0 Å². The number of likely N-dealkylation sites (N-methyl/N-ethyl adjacent to an activating group) is 1. The van der Waals surface area contributed by atoms with E-state index in [1.807, 2.05) is 36.2 Å². The van der Waals surface area contributed by atoms with Crippen LogP contribution in [0.15, 0.2) is 42.5 Å². The average molecular weight is 372 g/mol. The van der Waals surface area contributed by atoms with Gasteiger partial charge in [0.2, 0.25) is 11.8 Å². The van der Waals surface area contributed by atoms with Crippen LogP contribution in [0.4, 0.5) is 0 Å². The fourth-order valence-corrected chi connectivity index (χ4v) is 3.46. The SMILES string of the molecule is C[C@H](N)C(=O)N[C@H](/C=C/C(=O)N(C)C1CCCCC1)CCc1ccccc1. The molecule has 1 fully saturated rings. The van der Waals surface area contributed by atoms with E-state index >= 15 is 0 Å². The number of carbonyl (C=O) groups is 2. The third-order valence-corrected chi connectivity index (χ3v) is 5.27. The van der Waals surface area contributed by atoms with Crippen LogP contribution >= 0.6 is 0 Å². The van der Waals surface area contributed by atoms with Gasteiger partial charge in [-0.3, -0.25) is 9.59 Å². The fraction of sp³-hybridized carbons (Fsp3) is 0.545. The van der Waals surface area contributed by atoms with E-state index in [0.29, 0.717) is 6.04 Å². The van der Waals surface area contributed by atoms with Crippen LogP contribution in [0, 0.1) is 0 Å². The van der Waals surface area contributed by atoms with Gasteiger partial charge in [-0.05, 0) is 38.2 Å². The third-order valence-electron chi connectivity index (χ3n) is 5.27. The highest BCUT2D eigenvalue weighted by molar-refractivity contribution is 5.88. The molecule has 148 valence electrons. The summed E-state index contributed by atoms with van der Waals surface area (Å²) in [6, 6.07) is 9.67. The quantitative estimate of drug-likeness (QED) is 0.690. The molecule has 1 aliphatic carbocycles. The molecule has 0 aromatic heterocycles. The Kier molecular flexibility index (Phi) is 8.52. The Morgan fingerprint density at radius 2 is 1.89 bits per heavy atom. The molecule has 27 heavy (non-hydrogen) atoms. The Morgan fingerprint density at radius 1 is 1.22 bits per heavy atom. The average Bonchev–Trinajstić information content (AvgIpc) is 2.70. The van der Waals surface area contributed by atoms with Crippen molar-refractivity contribution in [2.45, 2.75) is 70.0 Å². The smallest absolute Gasteiger partial charge is 0.246 e. The van der Waals surface area contributed by atoms with Gasteiger partial charge in [-0.15, -0.1) is 0 Å². The Bertz CT molecular complexity index is 622. The van der Waals surface area contributed by atoms with Crippen molar-refractivity contribution in [1.29, 1.82) is 0 Å². The zero-order chi connectivity index (χ0) is 19.6. The van der Waals surface area contributed by atoms with E-state index in [-0.39, 0.29) is 17.9 Å². The van der Waals surface area contributed by atoms with Crippen molar-refractivity contribution in [2.75, 3.05) is 7.05 Å². The summed E-state index contributed by atoms with van der Waals surface area (Å²) in [7, 11) is 1.88. The molecule has 1 aliphatic rings. The Hall–Kier alpha value is -2.14. The molecule has 2 atom stereocenters. The number of amides is 2. The van der Waals surface area contributed by atoms with E-state index in [9.17, 15) is 9.59 Å². The van der Waals surface area contributed by atoms with Crippen LogP contribution in [0.2, 0.25) is 0 Å². The first-order valence-electron chi connectivity index (χ1n) is 10.0. The van der Waals surface area contributed by atoms with Crippen molar-refractivity contribution in [1.82, 2.24) is 10.2 Å². The predicted molar refractivity (Wildman–Crippen MR) is 109 cm³/mol. The van der Waals surface area contributed by atoms with Crippen molar-refractivity contribution in [3.8, 4) is 0 Å². The molecule has 5 heteroatoms. The van der Waals surface area contributed by atoms with E-state index in [1.54, 1.807) is 13.0 Å². The molecule has 0 aliphatic heterocycles. The molecule has 2 amide bonds. The standard InChI is InChI=1S/C22H33N3O2/c1-17(23)22(27)24-19(14-13-18-9-5-3-6-10-18)15-16-21(26)25(2)20-11-7-4-8-12-20/h3,5-6,9-10,15-17,19-20H,4,7-8,11-14,23H2,1-2H3,(H,24,27)/b16-15+/t17-,19-/m0/s1. The maximum absolute atomic E-state index is 12.5. The number of nitrogens with one attached hydrogen (secondary N) is 1. The maximum Gasteiger partial charge on any atom is 0.246 e. The molecule has 0 bridgehead atoms. The predicted octanol–water partition coefficient (Wildman–Crippen LogP) is 2.80. The lowest BCUT2D eigenvalue weighted by atomic mass is 9.94. The summed E-state index contributed by atoms with van der Waals surface area (Å²) in [5.41, 5.74) is 6.89. The largest absolute Gasteiger partial charge is 0.349 e. The number of carbonyl (C=O) groups excluding carboxylic acids is 2. The number of hydrogen-bond acceptors (Lipinski definition) is 3. The first-order valence-corrected chi connectivity index (χ1v) is 10.0. The molecular formula is C22H33N3O2. The molecule has 0 heterocycles. The van der Waals surface area contributed by atoms with Crippen LogP contribution < -0.4 is 11.1 Å². The Balaban J connectivity index is 1.97. The lowest BCUT2D eigenvalue weighted by Gasteiger charge is -2.30. The normalized spacial score (nSPS) is 17.4. The minimum absolute atomic E-state index is 0.00153. The maximum atomic E-state index is 12.5. The summed E-state index contributed by atoms with van der Waals surface area (Å²) >= 11 is 0. The first-order chi connectivity index (χ1) is 13.0. The number of nitrogens with zero attached hydrogens (tertiary/aromatic N) is 1. The molecule has 1 aromatic rings. The lowest BCUT2D eigenvalue weighted by molar-refractivity contribution is -0.127. The van der Waals surface area contributed by atoms with Crippen LogP contribution in [0.25, 0.3) is 0 Å². The van der Waals surface area contributed by atoms with Gasteiger partial charge in [0.1, 0.15) is 0 Å². The number of aryl methyl sites for hydroxylation is 1. The lowest BCUT2D eigenvalue weighted by Crippen LogP contribution is -2.43. The van der Waals surface area contributed by atoms with Crippen LogP contribution in [0.5, 0.6) is 0 Å². The van der Waals surface area contributed by atoms with Gasteiger partial charge in [0.15, 0.2) is 0 Å². The summed E-state index contributed by atoms with van der Waals surface area (Å²) in [6.45, 7) is 1.66. The molecule has 5 nitrogen and oxygen atoms in total. The molecule has 2 rings (SSSR count). The van der Waals surface area contributed by atoms with Gasteiger partial charge >= 0.3 is 0 Å². The zero-order valence-corrected chi connectivity index (χ0v) is 16.6. The molecular weight excluding hydrogens is 338 g/mol. The molecule has 3 N–H and O–H groups in total. The van der Waals surface area contributed by atoms with Crippen molar-refractivity contribution in [2.24, 2.45) is 5.73 Å². The summed E-state index contributed by atoms with van der Waals surface area (Å²) in [5, 5.41) is 2.94. The highest BCUT2D eigenvalue weighted by atomic mass is 16.2. The minimum Gasteiger partial charge on any atom is -0.349 e. The van der Waals surface area contributed by atoms with Crippen LogP contribution in [0.3, 0.4) is 0 Å². The Labute approximate surface area is 163 Å². The van der Waals surface area contributed by atoms with Gasteiger partial charge < -0.3 is 16.0 Å². The topological polar surface area (TPSA) is 75.4 Å². The molecule has 0 unspecified atom stereocenters. The van der Waals surface area contributed by atoms with E-state index in [2.05, 4.69) is 17.4 Å². The Morgan fingerprint density at radius 3 is 2.52 bits per heavy atom. The van der Waals surface area contributed by atoms with Gasteiger partial charge in [-0.2, -0.15) is 0 Å². The van der Waals surface area contributed by atoms with E-state index in [1.165, 1.54) is 24.8 Å². The number of benzene rings is 1. The monoisotopic (exact) mass is 371 g/mol. The number of nitrogens with two attached hydrogens (primary N) is 1. The van der Waals surface area contributed by atoms with Gasteiger partial charge in [0.25, 0.3) is 0 Å². The number of hydrogen-bond donors (Lipinski definition) is 2. The second-order valence-electron chi connectivity index (χ2n) is 7.53. The molecule has 1 aromatic carbocycles. The number of rotatable bonds is 8. The summed E-state index contributed by atoms with van der Waals surface area (Å²) < 4.78 is 0. The molecule has 1 saturated carbocycles. The zero-order valence-electron chi connectivity index (χ0n) is 16.6. The van der Waals surface area contributed by atoms with Crippen molar-refractivity contribution in [3.05, 3.63) is 48.0 Å². The summed E-state index contributed by atoms with van der Waals surface area (Å²) in [5.74, 6) is -0.201. The van der Waals surface area contributed by atoms with Gasteiger partial charge in [0, 0.05) is 25.2 Å². The second kappa shape index (κ2) is 10.9. The van der Waals surface area contributed by atoms with Gasteiger partial charge in [-0.1, -0.05) is 55.7 Å². The first kappa shape index (κ1) is 21.2. The second-order valence-corrected chi connectivity index (χ2v) is 7.53. The van der Waals surface area contributed by atoms with Crippen molar-refractivity contribution >= 4 is 11.8 Å². The fourth-order valence-electron chi connectivity index (χ4n) is 3.46. The third kappa shape index (κ3) is 7.18. The van der Waals surface area contributed by atoms with Crippen LogP contribution in [0.1, 0.15) is 51.0 Å². The minimum atomic E-state index is -0.571. The highest BCUT2D eigenvalue weighted by Gasteiger charge is 2.21. The van der Waals surface area contributed by atoms with Crippen molar-refractivity contribution in [3.63, 3.8) is 0 Å².